The summed E-state index contributed by atoms with van der Waals surface area (Å²) in [5.74, 6) is -0.789. The number of benzene rings is 3. The van der Waals surface area contributed by atoms with Crippen molar-refractivity contribution in [2.24, 2.45) is 0 Å². The fraction of sp³-hybridized carbons (Fsp3) is 0.333. The van der Waals surface area contributed by atoms with E-state index in [4.69, 9.17) is 0 Å². The second-order valence-corrected chi connectivity index (χ2v) is 11.9. The average molecular weight is 534 g/mol. The summed E-state index contributed by atoms with van der Waals surface area (Å²) in [6.45, 7) is 5.28. The van der Waals surface area contributed by atoms with Crippen LogP contribution in [-0.4, -0.2) is 32.8 Å². The zero-order valence-corrected chi connectivity index (χ0v) is 23.0. The Morgan fingerprint density at radius 3 is 2.24 bits per heavy atom. The van der Waals surface area contributed by atoms with E-state index in [0.29, 0.717) is 16.9 Å². The van der Waals surface area contributed by atoms with Crippen molar-refractivity contribution in [2.75, 3.05) is 16.2 Å². The van der Waals surface area contributed by atoms with Gasteiger partial charge in [0.05, 0.1) is 21.8 Å². The molecule has 1 saturated carbocycles. The summed E-state index contributed by atoms with van der Waals surface area (Å²) in [6.07, 6.45) is 5.26. The number of anilines is 2. The van der Waals surface area contributed by atoms with E-state index in [9.17, 15) is 18.0 Å². The fourth-order valence-corrected chi connectivity index (χ4v) is 6.07. The molecule has 0 heterocycles. The molecule has 0 saturated heterocycles. The van der Waals surface area contributed by atoms with Crippen LogP contribution in [0.25, 0.3) is 0 Å². The van der Waals surface area contributed by atoms with E-state index < -0.39 is 22.5 Å². The van der Waals surface area contributed by atoms with Crippen molar-refractivity contribution in [3.63, 3.8) is 0 Å². The van der Waals surface area contributed by atoms with Crippen LogP contribution in [0.4, 0.5) is 11.4 Å². The maximum Gasteiger partial charge on any atom is 0.264 e. The molecule has 2 N–H and O–H groups in total. The lowest BCUT2D eigenvalue weighted by Gasteiger charge is -2.25. The summed E-state index contributed by atoms with van der Waals surface area (Å²) in [4.78, 5) is 26.4. The van der Waals surface area contributed by atoms with Gasteiger partial charge in [0.1, 0.15) is 6.54 Å². The van der Waals surface area contributed by atoms with E-state index in [2.05, 4.69) is 10.6 Å². The van der Waals surface area contributed by atoms with E-state index >= 15 is 0 Å². The highest BCUT2D eigenvalue weighted by molar-refractivity contribution is 7.92. The van der Waals surface area contributed by atoms with Crippen LogP contribution in [0.15, 0.2) is 71.6 Å². The Hall–Kier alpha value is -3.65. The molecule has 0 aromatic heterocycles. The van der Waals surface area contributed by atoms with Gasteiger partial charge in [-0.05, 0) is 81.1 Å². The number of rotatable bonds is 8. The molecule has 1 fully saturated rings. The van der Waals surface area contributed by atoms with Crippen LogP contribution in [0.5, 0.6) is 0 Å². The van der Waals surface area contributed by atoms with Gasteiger partial charge in [-0.1, -0.05) is 55.2 Å². The van der Waals surface area contributed by atoms with Gasteiger partial charge in [-0.3, -0.25) is 13.9 Å². The summed E-state index contributed by atoms with van der Waals surface area (Å²) in [6, 6.07) is 18.8. The highest BCUT2D eigenvalue weighted by atomic mass is 32.2. The van der Waals surface area contributed by atoms with Crippen molar-refractivity contribution >= 4 is 33.2 Å². The van der Waals surface area contributed by atoms with Crippen molar-refractivity contribution in [1.29, 1.82) is 0 Å². The molecule has 0 atom stereocenters. The molecule has 3 aromatic carbocycles. The van der Waals surface area contributed by atoms with Crippen LogP contribution >= 0.6 is 0 Å². The van der Waals surface area contributed by atoms with Gasteiger partial charge in [0, 0.05) is 6.04 Å². The molecule has 200 valence electrons. The zero-order valence-electron chi connectivity index (χ0n) is 22.2. The molecule has 7 nitrogen and oxygen atoms in total. The van der Waals surface area contributed by atoms with E-state index in [1.54, 1.807) is 60.7 Å². The minimum absolute atomic E-state index is 0.0985. The highest BCUT2D eigenvalue weighted by Crippen LogP contribution is 2.27. The molecule has 1 aliphatic rings. The number of carbonyl (C=O) groups is 2. The molecular formula is C30H35N3O4S. The largest absolute Gasteiger partial charge is 0.349 e. The smallest absolute Gasteiger partial charge is 0.264 e. The Bertz CT molecular complexity index is 1410. The van der Waals surface area contributed by atoms with Gasteiger partial charge < -0.3 is 10.6 Å². The summed E-state index contributed by atoms with van der Waals surface area (Å²) in [5.41, 5.74) is 3.96. The van der Waals surface area contributed by atoms with Crippen molar-refractivity contribution in [3.8, 4) is 0 Å². The van der Waals surface area contributed by atoms with Gasteiger partial charge in [0.2, 0.25) is 5.91 Å². The SMILES string of the molecule is Cc1ccc(S(=O)(=O)N(CC(=O)Nc2ccccc2C(=O)NC2CCCCC2)c2ccc(C)c(C)c2)cc1. The van der Waals surface area contributed by atoms with Crippen molar-refractivity contribution in [1.82, 2.24) is 5.32 Å². The zero-order chi connectivity index (χ0) is 27.3. The maximum absolute atomic E-state index is 13.7. The molecule has 3 aromatic rings. The molecule has 0 spiro atoms. The molecule has 4 rings (SSSR count). The first kappa shape index (κ1) is 27.4. The fourth-order valence-electron chi connectivity index (χ4n) is 4.65. The number of para-hydroxylation sites is 1. The summed E-state index contributed by atoms with van der Waals surface area (Å²) in [5, 5.41) is 5.86. The first-order chi connectivity index (χ1) is 18.1. The quantitative estimate of drug-likeness (QED) is 0.399. The molecule has 0 radical (unpaired) electrons. The van der Waals surface area contributed by atoms with Crippen LogP contribution in [0.2, 0.25) is 0 Å². The first-order valence-corrected chi connectivity index (χ1v) is 14.5. The number of nitrogens with zero attached hydrogens (tertiary/aromatic N) is 1. The number of hydrogen-bond acceptors (Lipinski definition) is 4. The number of nitrogens with one attached hydrogen (secondary N) is 2. The predicted octanol–water partition coefficient (Wildman–Crippen LogP) is 5.51. The molecule has 2 amide bonds. The number of aryl methyl sites for hydroxylation is 3. The van der Waals surface area contributed by atoms with Crippen molar-refractivity contribution in [2.45, 2.75) is 63.8 Å². The summed E-state index contributed by atoms with van der Waals surface area (Å²) >= 11 is 0. The molecule has 38 heavy (non-hydrogen) atoms. The topological polar surface area (TPSA) is 95.6 Å². The van der Waals surface area contributed by atoms with Gasteiger partial charge in [0.25, 0.3) is 15.9 Å². The van der Waals surface area contributed by atoms with Gasteiger partial charge >= 0.3 is 0 Å². The third kappa shape index (κ3) is 6.42. The van der Waals surface area contributed by atoms with E-state index in [1.807, 2.05) is 26.8 Å². The molecular weight excluding hydrogens is 498 g/mol. The van der Waals surface area contributed by atoms with Crippen LogP contribution in [0, 0.1) is 20.8 Å². The van der Waals surface area contributed by atoms with Crippen LogP contribution in [0.1, 0.15) is 59.2 Å². The van der Waals surface area contributed by atoms with Gasteiger partial charge in [-0.15, -0.1) is 0 Å². The minimum atomic E-state index is -4.04. The molecule has 1 aliphatic carbocycles. The lowest BCUT2D eigenvalue weighted by Crippen LogP contribution is -2.39. The normalized spacial score (nSPS) is 14.1. The molecule has 0 bridgehead atoms. The van der Waals surface area contributed by atoms with Crippen LogP contribution in [0.3, 0.4) is 0 Å². The second-order valence-electron chi connectivity index (χ2n) is 10.00. The number of carbonyl (C=O) groups excluding carboxylic acids is 2. The predicted molar refractivity (Wildman–Crippen MR) is 151 cm³/mol. The first-order valence-electron chi connectivity index (χ1n) is 13.0. The Kier molecular flexibility index (Phi) is 8.52. The lowest BCUT2D eigenvalue weighted by atomic mass is 9.95. The Morgan fingerprint density at radius 1 is 0.868 bits per heavy atom. The monoisotopic (exact) mass is 533 g/mol. The highest BCUT2D eigenvalue weighted by Gasteiger charge is 2.28. The van der Waals surface area contributed by atoms with Crippen LogP contribution < -0.4 is 14.9 Å². The minimum Gasteiger partial charge on any atom is -0.349 e. The Labute approximate surface area is 225 Å². The summed E-state index contributed by atoms with van der Waals surface area (Å²) in [7, 11) is -4.04. The number of hydrogen-bond donors (Lipinski definition) is 2. The summed E-state index contributed by atoms with van der Waals surface area (Å²) < 4.78 is 28.5. The average Bonchev–Trinajstić information content (AvgIpc) is 2.90. The van der Waals surface area contributed by atoms with Gasteiger partial charge in [0.15, 0.2) is 0 Å². The third-order valence-electron chi connectivity index (χ3n) is 7.06. The second kappa shape index (κ2) is 11.8. The van der Waals surface area contributed by atoms with E-state index in [1.165, 1.54) is 6.42 Å². The van der Waals surface area contributed by atoms with E-state index in [-0.39, 0.29) is 16.8 Å². The molecule has 0 unspecified atom stereocenters. The Morgan fingerprint density at radius 2 is 1.55 bits per heavy atom. The third-order valence-corrected chi connectivity index (χ3v) is 8.85. The molecule has 8 heteroatoms. The standard InChI is InChI=1S/C30H35N3O4S/c1-21-13-17-26(18-14-21)38(36,37)33(25-16-15-22(2)23(3)19-25)20-29(34)32-28-12-8-7-11-27(28)30(35)31-24-9-5-4-6-10-24/h7-8,11-19,24H,4-6,9-10,20H2,1-3H3,(H,31,35)(H,32,34). The van der Waals surface area contributed by atoms with Gasteiger partial charge in [-0.2, -0.15) is 0 Å². The van der Waals surface area contributed by atoms with Gasteiger partial charge in [-0.25, -0.2) is 8.42 Å². The number of amides is 2. The van der Waals surface area contributed by atoms with Crippen molar-refractivity contribution < 1.29 is 18.0 Å². The number of sulfonamides is 1. The Balaban J connectivity index is 1.59. The van der Waals surface area contributed by atoms with Crippen LogP contribution in [-0.2, 0) is 14.8 Å². The van der Waals surface area contributed by atoms with Crippen molar-refractivity contribution in [3.05, 3.63) is 89.0 Å². The van der Waals surface area contributed by atoms with E-state index in [0.717, 1.165) is 46.7 Å². The molecule has 0 aliphatic heterocycles. The lowest BCUT2D eigenvalue weighted by molar-refractivity contribution is -0.114. The maximum atomic E-state index is 13.7.